The molecule has 0 N–H and O–H groups in total. The first kappa shape index (κ1) is 13.5. The van der Waals surface area contributed by atoms with Crippen molar-refractivity contribution in [2.75, 3.05) is 0 Å². The second-order valence-corrected chi connectivity index (χ2v) is 5.05. The van der Waals surface area contributed by atoms with E-state index in [9.17, 15) is 0 Å². The van der Waals surface area contributed by atoms with Crippen LogP contribution in [-0.4, -0.2) is 31.4 Å². The van der Waals surface area contributed by atoms with Crippen LogP contribution in [0.2, 0.25) is 0 Å². The zero-order valence-electron chi connectivity index (χ0n) is 11.8. The van der Waals surface area contributed by atoms with Gasteiger partial charge in [-0.25, -0.2) is 0 Å². The van der Waals surface area contributed by atoms with Crippen molar-refractivity contribution >= 4 is 53.2 Å². The average Bonchev–Trinajstić information content (AvgIpc) is 2.28. The van der Waals surface area contributed by atoms with Crippen LogP contribution in [0.1, 0.15) is 44.6 Å². The molecule has 1 aromatic rings. The minimum absolute atomic E-state index is 0.753. The van der Waals surface area contributed by atoms with Crippen molar-refractivity contribution in [1.82, 2.24) is 0 Å². The van der Waals surface area contributed by atoms with Gasteiger partial charge in [-0.1, -0.05) is 42.8 Å². The van der Waals surface area contributed by atoms with Crippen molar-refractivity contribution in [3.05, 3.63) is 11.6 Å². The monoisotopic (exact) mass is 210 g/mol. The Labute approximate surface area is 104 Å². The first-order valence-corrected chi connectivity index (χ1v) is 6.60. The lowest BCUT2D eigenvalue weighted by Crippen LogP contribution is -2.49. The smallest absolute Gasteiger partial charge is 0.102 e. The molecule has 4 heteroatoms. The molecule has 1 unspecified atom stereocenters. The van der Waals surface area contributed by atoms with Crippen molar-refractivity contribution < 1.29 is 0 Å². The lowest BCUT2D eigenvalue weighted by Gasteiger charge is -2.22. The van der Waals surface area contributed by atoms with Crippen LogP contribution in [-0.2, 0) is 0 Å². The number of hydrogen-bond acceptors (Lipinski definition) is 0. The fourth-order valence-corrected chi connectivity index (χ4v) is 2.60. The van der Waals surface area contributed by atoms with E-state index >= 15 is 0 Å². The summed E-state index contributed by atoms with van der Waals surface area (Å²) in [5, 5.41) is 0. The summed E-state index contributed by atoms with van der Waals surface area (Å²) in [6, 6.07) is 2.42. The summed E-state index contributed by atoms with van der Waals surface area (Å²) in [4.78, 5) is 0. The molecule has 0 fully saturated rings. The minimum atomic E-state index is 0.753. The molecule has 0 aromatic heterocycles. The van der Waals surface area contributed by atoms with E-state index < -0.39 is 0 Å². The third kappa shape index (κ3) is 2.59. The normalized spacial score (nSPS) is 12.6. The maximum atomic E-state index is 2.42. The minimum Gasteiger partial charge on any atom is -0.102 e. The zero-order chi connectivity index (χ0) is 12.3. The Morgan fingerprint density at radius 1 is 1.00 bits per heavy atom. The molecule has 0 bridgehead atoms. The second kappa shape index (κ2) is 5.70. The second-order valence-electron chi connectivity index (χ2n) is 5.05. The predicted molar refractivity (Wildman–Crippen MR) is 87.1 cm³/mol. The molecule has 1 rings (SSSR count). The molecule has 0 heterocycles. The summed E-state index contributed by atoms with van der Waals surface area (Å²) >= 11 is 0. The van der Waals surface area contributed by atoms with E-state index in [4.69, 9.17) is 0 Å². The quantitative estimate of drug-likeness (QED) is 0.464. The molecule has 0 aliphatic rings. The maximum absolute atomic E-state index is 2.42. The summed E-state index contributed by atoms with van der Waals surface area (Å²) in [5.41, 5.74) is 7.51. The van der Waals surface area contributed by atoms with Crippen LogP contribution in [0, 0.1) is 0 Å². The van der Waals surface area contributed by atoms with Gasteiger partial charge in [0.25, 0.3) is 0 Å². The van der Waals surface area contributed by atoms with Gasteiger partial charge in [-0.05, 0) is 18.8 Å². The van der Waals surface area contributed by atoms with Crippen LogP contribution in [0.4, 0.5) is 0 Å². The summed E-state index contributed by atoms with van der Waals surface area (Å²) < 4.78 is 0. The molecular weight excluding hydrogens is 187 g/mol. The molecule has 82 valence electrons. The van der Waals surface area contributed by atoms with Gasteiger partial charge in [0.15, 0.2) is 0 Å². The van der Waals surface area contributed by atoms with E-state index in [0.717, 1.165) is 5.92 Å². The molecule has 16 heavy (non-hydrogen) atoms. The Morgan fingerprint density at radius 3 is 2.12 bits per heavy atom. The Hall–Kier alpha value is -0.520. The Kier molecular flexibility index (Phi) is 4.83. The summed E-state index contributed by atoms with van der Waals surface area (Å²) in [5.74, 6) is 0.753. The molecule has 1 aromatic carbocycles. The molecular formula is C12H22B4. The molecule has 1 atom stereocenters. The number of benzene rings is 1. The fraction of sp³-hybridized carbons (Fsp3) is 0.500. The molecule has 0 saturated heterocycles. The van der Waals surface area contributed by atoms with E-state index in [-0.39, 0.29) is 0 Å². The van der Waals surface area contributed by atoms with E-state index in [0.29, 0.717) is 0 Å². The third-order valence-electron chi connectivity index (χ3n) is 4.09. The van der Waals surface area contributed by atoms with Gasteiger partial charge >= 0.3 is 0 Å². The third-order valence-corrected chi connectivity index (χ3v) is 4.09. The highest BCUT2D eigenvalue weighted by atomic mass is 14.1. The number of rotatable bonds is 4. The van der Waals surface area contributed by atoms with Crippen LogP contribution in [0.5, 0.6) is 0 Å². The van der Waals surface area contributed by atoms with Crippen molar-refractivity contribution in [3.63, 3.8) is 0 Å². The van der Waals surface area contributed by atoms with Gasteiger partial charge in [0, 0.05) is 0 Å². The highest BCUT2D eigenvalue weighted by molar-refractivity contribution is 6.62. The predicted octanol–water partition coefficient (Wildman–Crippen LogP) is -2.99. The van der Waals surface area contributed by atoms with Crippen molar-refractivity contribution in [1.29, 1.82) is 0 Å². The van der Waals surface area contributed by atoms with Crippen LogP contribution in [0.25, 0.3) is 0 Å². The molecule has 0 aliphatic carbocycles. The average molecular weight is 210 g/mol. The lowest BCUT2D eigenvalue weighted by atomic mass is 9.63. The van der Waals surface area contributed by atoms with Crippen LogP contribution >= 0.6 is 0 Å². The SMILES string of the molecule is Bc1cc(C(CC)CCC)c(B)c(B)c1B. The topological polar surface area (TPSA) is 0 Å². The van der Waals surface area contributed by atoms with E-state index in [1.807, 2.05) is 0 Å². The largest absolute Gasteiger partial charge is 0.138 e. The summed E-state index contributed by atoms with van der Waals surface area (Å²) in [7, 11) is 9.03. The van der Waals surface area contributed by atoms with Crippen molar-refractivity contribution in [3.8, 4) is 0 Å². The lowest BCUT2D eigenvalue weighted by molar-refractivity contribution is 0.599. The molecule has 0 nitrogen and oxygen atoms in total. The highest BCUT2D eigenvalue weighted by Gasteiger charge is 2.13. The van der Waals surface area contributed by atoms with Gasteiger partial charge in [0.05, 0.1) is 0 Å². The van der Waals surface area contributed by atoms with Crippen LogP contribution in [0.15, 0.2) is 6.07 Å². The van der Waals surface area contributed by atoms with Crippen molar-refractivity contribution in [2.45, 2.75) is 39.0 Å². The van der Waals surface area contributed by atoms with Gasteiger partial charge in [0.1, 0.15) is 31.4 Å². The van der Waals surface area contributed by atoms with Gasteiger partial charge < -0.3 is 0 Å². The zero-order valence-corrected chi connectivity index (χ0v) is 11.8. The maximum Gasteiger partial charge on any atom is 0.138 e. The highest BCUT2D eigenvalue weighted by Crippen LogP contribution is 2.21. The van der Waals surface area contributed by atoms with Gasteiger partial charge in [-0.2, -0.15) is 0 Å². The van der Waals surface area contributed by atoms with Crippen LogP contribution in [0.3, 0.4) is 0 Å². The standard InChI is InChI=1S/C12H22B4/c1-3-5-7(4-2)8-6-9(13)11(15)12(16)10(8)14/h6-7H,3-5,13-16H2,1-2H3. The Balaban J connectivity index is 3.22. The first-order chi connectivity index (χ1) is 7.52. The first-order valence-electron chi connectivity index (χ1n) is 6.60. The van der Waals surface area contributed by atoms with E-state index in [1.54, 1.807) is 5.56 Å². The fourth-order valence-electron chi connectivity index (χ4n) is 2.60. The van der Waals surface area contributed by atoms with E-state index in [2.05, 4.69) is 51.3 Å². The van der Waals surface area contributed by atoms with Gasteiger partial charge in [-0.3, -0.25) is 0 Å². The van der Waals surface area contributed by atoms with Gasteiger partial charge in [-0.15, -0.1) is 10.9 Å². The molecule has 0 amide bonds. The molecule has 0 saturated carbocycles. The molecule has 0 radical (unpaired) electrons. The number of hydrogen-bond donors (Lipinski definition) is 0. The Bertz CT molecular complexity index is 374. The van der Waals surface area contributed by atoms with E-state index in [1.165, 1.54) is 41.1 Å². The summed E-state index contributed by atoms with van der Waals surface area (Å²) in [6.45, 7) is 4.59. The van der Waals surface area contributed by atoms with Crippen molar-refractivity contribution in [2.24, 2.45) is 0 Å². The molecule has 0 aliphatic heterocycles. The van der Waals surface area contributed by atoms with Crippen LogP contribution < -0.4 is 21.9 Å². The summed E-state index contributed by atoms with van der Waals surface area (Å²) in [6.07, 6.45) is 3.86. The molecule has 0 spiro atoms. The van der Waals surface area contributed by atoms with Gasteiger partial charge in [0.2, 0.25) is 0 Å². The Morgan fingerprint density at radius 2 is 1.62 bits per heavy atom.